The summed E-state index contributed by atoms with van der Waals surface area (Å²) in [4.78, 5) is 22.4. The quantitative estimate of drug-likeness (QED) is 0.674. The Labute approximate surface area is 88.8 Å². The van der Waals surface area contributed by atoms with Gasteiger partial charge in [0.2, 0.25) is 11.8 Å². The lowest BCUT2D eigenvalue weighted by atomic mass is 9.95. The van der Waals surface area contributed by atoms with E-state index in [0.29, 0.717) is 13.1 Å². The van der Waals surface area contributed by atoms with Crippen molar-refractivity contribution >= 4 is 11.8 Å². The molecule has 1 rings (SSSR count). The Kier molecular flexibility index (Phi) is 3.30. The monoisotopic (exact) mass is 209 g/mol. The van der Waals surface area contributed by atoms with E-state index in [9.17, 15) is 9.59 Å². The Balaban J connectivity index is 2.38. The number of carbonyl (C=O) groups excluding carboxylic acids is 2. The number of carbonyl (C=O) groups is 2. The summed E-state index contributed by atoms with van der Waals surface area (Å²) < 4.78 is 0. The fraction of sp³-hybridized carbons (Fsp3) is 0.700. The van der Waals surface area contributed by atoms with Crippen LogP contribution < -0.4 is 10.6 Å². The molecule has 0 aromatic carbocycles. The van der Waals surface area contributed by atoms with Gasteiger partial charge in [0.1, 0.15) is 0 Å². The SMILES string of the molecule is CC(C)(C#N)CNC(=O)C1CNC(=O)C1. The molecule has 0 radical (unpaired) electrons. The predicted molar refractivity (Wildman–Crippen MR) is 53.5 cm³/mol. The number of nitrogens with zero attached hydrogens (tertiary/aromatic N) is 1. The molecule has 5 nitrogen and oxygen atoms in total. The van der Waals surface area contributed by atoms with E-state index in [2.05, 4.69) is 16.7 Å². The van der Waals surface area contributed by atoms with E-state index in [1.807, 2.05) is 0 Å². The van der Waals surface area contributed by atoms with Crippen LogP contribution in [0.3, 0.4) is 0 Å². The fourth-order valence-corrected chi connectivity index (χ4v) is 1.28. The fourth-order valence-electron chi connectivity index (χ4n) is 1.28. The average Bonchev–Trinajstić information content (AvgIpc) is 2.61. The third-order valence-corrected chi connectivity index (χ3v) is 2.36. The van der Waals surface area contributed by atoms with E-state index in [4.69, 9.17) is 5.26 Å². The maximum Gasteiger partial charge on any atom is 0.225 e. The van der Waals surface area contributed by atoms with Gasteiger partial charge in [-0.3, -0.25) is 9.59 Å². The van der Waals surface area contributed by atoms with Gasteiger partial charge < -0.3 is 10.6 Å². The van der Waals surface area contributed by atoms with Crippen molar-refractivity contribution in [1.82, 2.24) is 10.6 Å². The van der Waals surface area contributed by atoms with Crippen molar-refractivity contribution in [3.8, 4) is 6.07 Å². The summed E-state index contributed by atoms with van der Waals surface area (Å²) in [6, 6.07) is 2.10. The van der Waals surface area contributed by atoms with Gasteiger partial charge in [-0.1, -0.05) is 0 Å². The second kappa shape index (κ2) is 4.30. The van der Waals surface area contributed by atoms with Crippen LogP contribution in [0.15, 0.2) is 0 Å². The zero-order valence-electron chi connectivity index (χ0n) is 8.96. The maximum absolute atomic E-state index is 11.5. The lowest BCUT2D eigenvalue weighted by Gasteiger charge is -2.17. The second-order valence-corrected chi connectivity index (χ2v) is 4.42. The van der Waals surface area contributed by atoms with Crippen LogP contribution in [-0.2, 0) is 9.59 Å². The van der Waals surface area contributed by atoms with Crippen LogP contribution in [-0.4, -0.2) is 24.9 Å². The Bertz CT molecular complexity index is 317. The number of nitrogens with one attached hydrogen (secondary N) is 2. The summed E-state index contributed by atoms with van der Waals surface area (Å²) in [5.41, 5.74) is -0.564. The van der Waals surface area contributed by atoms with Crippen LogP contribution in [0.5, 0.6) is 0 Å². The zero-order valence-corrected chi connectivity index (χ0v) is 8.96. The van der Waals surface area contributed by atoms with Gasteiger partial charge in [0.05, 0.1) is 17.4 Å². The first kappa shape index (κ1) is 11.5. The van der Waals surface area contributed by atoms with Crippen molar-refractivity contribution in [1.29, 1.82) is 5.26 Å². The minimum Gasteiger partial charge on any atom is -0.355 e. The summed E-state index contributed by atoms with van der Waals surface area (Å²) in [7, 11) is 0. The molecule has 2 amide bonds. The predicted octanol–water partition coefficient (Wildman–Crippen LogP) is -0.212. The normalized spacial score (nSPS) is 20.6. The van der Waals surface area contributed by atoms with Crippen molar-refractivity contribution in [3.63, 3.8) is 0 Å². The van der Waals surface area contributed by atoms with Gasteiger partial charge in [0.15, 0.2) is 0 Å². The minimum absolute atomic E-state index is 0.0882. The summed E-state index contributed by atoms with van der Waals surface area (Å²) in [5.74, 6) is -0.529. The molecule has 1 unspecified atom stereocenters. The Morgan fingerprint density at radius 3 is 2.87 bits per heavy atom. The zero-order chi connectivity index (χ0) is 11.5. The van der Waals surface area contributed by atoms with Gasteiger partial charge in [-0.05, 0) is 13.8 Å². The molecule has 82 valence electrons. The Hall–Kier alpha value is -1.57. The number of rotatable bonds is 3. The number of hydrogen-bond donors (Lipinski definition) is 2. The summed E-state index contributed by atoms with van der Waals surface area (Å²) in [6.45, 7) is 4.22. The van der Waals surface area contributed by atoms with Crippen molar-refractivity contribution in [2.75, 3.05) is 13.1 Å². The summed E-state index contributed by atoms with van der Waals surface area (Å²) >= 11 is 0. The van der Waals surface area contributed by atoms with E-state index in [1.54, 1.807) is 13.8 Å². The average molecular weight is 209 g/mol. The minimum atomic E-state index is -0.564. The van der Waals surface area contributed by atoms with Crippen LogP contribution in [0.4, 0.5) is 0 Å². The van der Waals surface area contributed by atoms with Crippen LogP contribution in [0.2, 0.25) is 0 Å². The molecule has 2 N–H and O–H groups in total. The van der Waals surface area contributed by atoms with Gasteiger partial charge in [-0.15, -0.1) is 0 Å². The van der Waals surface area contributed by atoms with Crippen LogP contribution in [0, 0.1) is 22.7 Å². The first-order chi connectivity index (χ1) is 6.94. The number of hydrogen-bond acceptors (Lipinski definition) is 3. The molecule has 15 heavy (non-hydrogen) atoms. The number of amides is 2. The molecule has 0 aromatic heterocycles. The van der Waals surface area contributed by atoms with Gasteiger partial charge in [0.25, 0.3) is 0 Å². The highest BCUT2D eigenvalue weighted by Gasteiger charge is 2.28. The molecule has 1 heterocycles. The van der Waals surface area contributed by atoms with E-state index < -0.39 is 5.41 Å². The highest BCUT2D eigenvalue weighted by atomic mass is 16.2. The Morgan fingerprint density at radius 1 is 1.73 bits per heavy atom. The molecule has 0 bridgehead atoms. The molecule has 0 spiro atoms. The van der Waals surface area contributed by atoms with Crippen LogP contribution in [0.1, 0.15) is 20.3 Å². The molecule has 1 saturated heterocycles. The van der Waals surface area contributed by atoms with Crippen LogP contribution in [0.25, 0.3) is 0 Å². The molecule has 1 atom stereocenters. The highest BCUT2D eigenvalue weighted by Crippen LogP contribution is 2.13. The summed E-state index contributed by atoms with van der Waals surface area (Å²) in [5, 5.41) is 14.0. The molecule has 1 aliphatic heterocycles. The van der Waals surface area contributed by atoms with Crippen molar-refractivity contribution in [2.45, 2.75) is 20.3 Å². The topological polar surface area (TPSA) is 82.0 Å². The van der Waals surface area contributed by atoms with E-state index in [1.165, 1.54) is 0 Å². The third kappa shape index (κ3) is 3.24. The smallest absolute Gasteiger partial charge is 0.225 e. The lowest BCUT2D eigenvalue weighted by Crippen LogP contribution is -2.37. The van der Waals surface area contributed by atoms with Crippen molar-refractivity contribution in [3.05, 3.63) is 0 Å². The Morgan fingerprint density at radius 2 is 2.40 bits per heavy atom. The standard InChI is InChI=1S/C10H15N3O2/c1-10(2,5-11)6-13-9(15)7-3-8(14)12-4-7/h7H,3-4,6H2,1-2H3,(H,12,14)(H,13,15). The first-order valence-electron chi connectivity index (χ1n) is 4.90. The van der Waals surface area contributed by atoms with Gasteiger partial charge in [0, 0.05) is 19.5 Å². The van der Waals surface area contributed by atoms with E-state index in [-0.39, 0.29) is 24.2 Å². The number of nitriles is 1. The second-order valence-electron chi connectivity index (χ2n) is 4.42. The highest BCUT2D eigenvalue weighted by molar-refractivity contribution is 5.89. The van der Waals surface area contributed by atoms with E-state index >= 15 is 0 Å². The molecule has 0 saturated carbocycles. The molecule has 5 heteroatoms. The van der Waals surface area contributed by atoms with Gasteiger partial charge in [-0.25, -0.2) is 0 Å². The molecule has 0 aliphatic carbocycles. The van der Waals surface area contributed by atoms with Crippen LogP contribution >= 0.6 is 0 Å². The summed E-state index contributed by atoms with van der Waals surface area (Å²) in [6.07, 6.45) is 0.249. The van der Waals surface area contributed by atoms with Crippen molar-refractivity contribution in [2.24, 2.45) is 11.3 Å². The maximum atomic E-state index is 11.5. The first-order valence-corrected chi connectivity index (χ1v) is 4.90. The van der Waals surface area contributed by atoms with Gasteiger partial charge in [-0.2, -0.15) is 5.26 Å². The molecule has 0 aromatic rings. The largest absolute Gasteiger partial charge is 0.355 e. The molecule has 1 aliphatic rings. The van der Waals surface area contributed by atoms with Gasteiger partial charge >= 0.3 is 0 Å². The van der Waals surface area contributed by atoms with E-state index in [0.717, 1.165) is 0 Å². The van der Waals surface area contributed by atoms with Crippen molar-refractivity contribution < 1.29 is 9.59 Å². The molecular formula is C10H15N3O2. The third-order valence-electron chi connectivity index (χ3n) is 2.36. The molecular weight excluding hydrogens is 194 g/mol. The lowest BCUT2D eigenvalue weighted by molar-refractivity contribution is -0.126. The molecule has 1 fully saturated rings.